The summed E-state index contributed by atoms with van der Waals surface area (Å²) in [6, 6.07) is 10.5. The second-order valence-corrected chi connectivity index (χ2v) is 5.83. The summed E-state index contributed by atoms with van der Waals surface area (Å²) in [4.78, 5) is 0.620. The molecule has 0 unspecified atom stereocenters. The van der Waals surface area contributed by atoms with Crippen molar-refractivity contribution in [3.63, 3.8) is 0 Å². The molecule has 0 spiro atoms. The third-order valence-electron chi connectivity index (χ3n) is 2.39. The summed E-state index contributed by atoms with van der Waals surface area (Å²) in [6.45, 7) is 0. The van der Waals surface area contributed by atoms with Crippen LogP contribution in [0, 0.1) is 0 Å². The topological polar surface area (TPSA) is 9.23 Å². The minimum atomic E-state index is 0.259. The first-order valence-corrected chi connectivity index (χ1v) is 6.98. The van der Waals surface area contributed by atoms with E-state index in [9.17, 15) is 0 Å². The fourth-order valence-electron chi connectivity index (χ4n) is 1.70. The predicted molar refractivity (Wildman–Crippen MR) is 59.6 cm³/mol. The third kappa shape index (κ3) is 2.09. The monoisotopic (exact) mass is 254 g/mol. The summed E-state index contributed by atoms with van der Waals surface area (Å²) in [5, 5.41) is 1.25. The van der Waals surface area contributed by atoms with Crippen molar-refractivity contribution in [2.75, 3.05) is 7.11 Å². The molecule has 14 heavy (non-hydrogen) atoms. The van der Waals surface area contributed by atoms with Gasteiger partial charge >= 0.3 is 91.1 Å². The van der Waals surface area contributed by atoms with Crippen LogP contribution in [-0.2, 0) is 4.74 Å². The number of allylic oxidation sites excluding steroid dienone is 1. The molecule has 1 aliphatic heterocycles. The van der Waals surface area contributed by atoms with Crippen LogP contribution >= 0.6 is 0 Å². The summed E-state index contributed by atoms with van der Waals surface area (Å²) in [6.07, 6.45) is 4.84. The number of benzene rings is 1. The Kier molecular flexibility index (Phi) is 3.41. The normalized spacial score (nSPS) is 22.5. The van der Waals surface area contributed by atoms with Crippen molar-refractivity contribution in [3.05, 3.63) is 48.0 Å². The Morgan fingerprint density at radius 2 is 2.14 bits per heavy atom. The van der Waals surface area contributed by atoms with Crippen molar-refractivity contribution in [2.45, 2.75) is 16.2 Å². The average molecular weight is 253 g/mol. The zero-order valence-electron chi connectivity index (χ0n) is 8.22. The molecule has 1 aromatic carbocycles. The number of rotatable bonds is 3. The van der Waals surface area contributed by atoms with Crippen LogP contribution in [-0.4, -0.2) is 22.1 Å². The average Bonchev–Trinajstić information content (AvgIpc) is 2.74. The van der Waals surface area contributed by atoms with E-state index >= 15 is 0 Å². The number of ether oxygens (including phenoxy) is 1. The molecule has 1 aliphatic rings. The molecule has 1 heterocycles. The van der Waals surface area contributed by atoms with Gasteiger partial charge in [-0.3, -0.25) is 0 Å². The second-order valence-electron chi connectivity index (χ2n) is 3.29. The van der Waals surface area contributed by atoms with E-state index in [1.165, 1.54) is 10.9 Å². The Morgan fingerprint density at radius 1 is 1.36 bits per heavy atom. The van der Waals surface area contributed by atoms with E-state index in [1.54, 1.807) is 7.11 Å². The van der Waals surface area contributed by atoms with Crippen LogP contribution in [0.25, 0.3) is 0 Å². The molecule has 0 radical (unpaired) electrons. The summed E-state index contributed by atoms with van der Waals surface area (Å²) >= 11 is 0.677. The summed E-state index contributed by atoms with van der Waals surface area (Å²) in [5.74, 6) is 0. The first-order chi connectivity index (χ1) is 6.92. The fraction of sp³-hybridized carbons (Fsp3) is 0.333. The molecular weight excluding hydrogens is 239 g/mol. The Hall–Kier alpha value is -0.561. The number of methoxy groups -OCH3 is 1. The van der Waals surface area contributed by atoms with Crippen LogP contribution in [0.15, 0.2) is 42.5 Å². The van der Waals surface area contributed by atoms with Gasteiger partial charge in [-0.25, -0.2) is 0 Å². The molecule has 2 rings (SSSR count). The van der Waals surface area contributed by atoms with Crippen LogP contribution in [0.3, 0.4) is 0 Å². The van der Waals surface area contributed by atoms with Gasteiger partial charge in [0, 0.05) is 0 Å². The van der Waals surface area contributed by atoms with E-state index in [1.807, 2.05) is 6.07 Å². The minimum absolute atomic E-state index is 0.259. The molecule has 1 nitrogen and oxygen atoms in total. The molecule has 0 aliphatic carbocycles. The molecule has 74 valence electrons. The zero-order chi connectivity index (χ0) is 9.80. The molecular formula is C12H14OSe. The van der Waals surface area contributed by atoms with E-state index in [2.05, 4.69) is 36.4 Å². The van der Waals surface area contributed by atoms with Crippen LogP contribution in [0.4, 0.5) is 0 Å². The van der Waals surface area contributed by atoms with Crippen LogP contribution in [0.2, 0.25) is 10.1 Å². The SMILES string of the molecule is CO[C@@H](c1ccccc1)[C@@H]1C=CC[Se]1. The van der Waals surface area contributed by atoms with E-state index in [0.29, 0.717) is 19.8 Å². The Balaban J connectivity index is 2.17. The molecule has 0 amide bonds. The van der Waals surface area contributed by atoms with Gasteiger partial charge < -0.3 is 0 Å². The molecule has 0 N–H and O–H groups in total. The van der Waals surface area contributed by atoms with Gasteiger partial charge in [0.1, 0.15) is 0 Å². The molecule has 2 atom stereocenters. The molecule has 0 saturated carbocycles. The quantitative estimate of drug-likeness (QED) is 0.594. The molecule has 1 aromatic rings. The van der Waals surface area contributed by atoms with E-state index in [4.69, 9.17) is 4.74 Å². The predicted octanol–water partition coefficient (Wildman–Crippen LogP) is 2.85. The summed E-state index contributed by atoms with van der Waals surface area (Å²) in [5.41, 5.74) is 1.30. The van der Waals surface area contributed by atoms with Crippen molar-refractivity contribution < 1.29 is 4.74 Å². The van der Waals surface area contributed by atoms with Crippen molar-refractivity contribution in [1.82, 2.24) is 0 Å². The fourth-order valence-corrected chi connectivity index (χ4v) is 4.03. The van der Waals surface area contributed by atoms with Crippen molar-refractivity contribution in [1.29, 1.82) is 0 Å². The maximum atomic E-state index is 5.58. The summed E-state index contributed by atoms with van der Waals surface area (Å²) < 4.78 is 5.58. The molecule has 0 aromatic heterocycles. The second kappa shape index (κ2) is 4.79. The Bertz CT molecular complexity index is 307. The van der Waals surface area contributed by atoms with Gasteiger partial charge in [0.05, 0.1) is 0 Å². The van der Waals surface area contributed by atoms with E-state index in [0.717, 1.165) is 0 Å². The van der Waals surface area contributed by atoms with Crippen LogP contribution in [0.5, 0.6) is 0 Å². The maximum absolute atomic E-state index is 5.58. The first-order valence-electron chi connectivity index (χ1n) is 4.78. The van der Waals surface area contributed by atoms with Gasteiger partial charge in [-0.05, 0) is 0 Å². The first kappa shape index (κ1) is 9.97. The molecule has 0 bridgehead atoms. The van der Waals surface area contributed by atoms with E-state index in [-0.39, 0.29) is 6.10 Å². The molecule has 0 saturated heterocycles. The Labute approximate surface area is 91.3 Å². The number of hydrogen-bond donors (Lipinski definition) is 0. The zero-order valence-corrected chi connectivity index (χ0v) is 9.93. The van der Waals surface area contributed by atoms with Crippen molar-refractivity contribution in [3.8, 4) is 0 Å². The van der Waals surface area contributed by atoms with Gasteiger partial charge in [-0.2, -0.15) is 0 Å². The van der Waals surface area contributed by atoms with Gasteiger partial charge in [0.15, 0.2) is 0 Å². The van der Waals surface area contributed by atoms with Gasteiger partial charge in [-0.15, -0.1) is 0 Å². The van der Waals surface area contributed by atoms with Gasteiger partial charge in [0.25, 0.3) is 0 Å². The van der Waals surface area contributed by atoms with E-state index < -0.39 is 0 Å². The number of hydrogen-bond acceptors (Lipinski definition) is 1. The van der Waals surface area contributed by atoms with Gasteiger partial charge in [0.2, 0.25) is 0 Å². The van der Waals surface area contributed by atoms with Gasteiger partial charge in [-0.1, -0.05) is 0 Å². The van der Waals surface area contributed by atoms with Crippen LogP contribution in [0.1, 0.15) is 11.7 Å². The third-order valence-corrected chi connectivity index (χ3v) is 4.85. The van der Waals surface area contributed by atoms with Crippen LogP contribution < -0.4 is 0 Å². The Morgan fingerprint density at radius 3 is 2.71 bits per heavy atom. The molecule has 2 heteroatoms. The van der Waals surface area contributed by atoms with Crippen molar-refractivity contribution >= 4 is 15.0 Å². The molecule has 0 fully saturated rings. The van der Waals surface area contributed by atoms with Crippen molar-refractivity contribution in [2.24, 2.45) is 0 Å². The summed E-state index contributed by atoms with van der Waals surface area (Å²) in [7, 11) is 1.81. The standard InChI is InChI=1S/C12H14OSe/c1-13-12(11-8-5-9-14-11)10-6-3-2-4-7-10/h2-8,11-12H,9H2,1H3/t11-,12-/m0/s1.